The van der Waals surface area contributed by atoms with Crippen molar-refractivity contribution in [3.05, 3.63) is 0 Å². The fraction of sp³-hybridized carbons (Fsp3) is 0.818. The Hall–Kier alpha value is -0.710. The smallest absolute Gasteiger partial charge is 0.315 e. The maximum Gasteiger partial charge on any atom is 0.315 e. The summed E-state index contributed by atoms with van der Waals surface area (Å²) in [5, 5.41) is 6.23. The van der Waals surface area contributed by atoms with Gasteiger partial charge in [0.25, 0.3) is 0 Å². The summed E-state index contributed by atoms with van der Waals surface area (Å²) in [5.74, 6) is 1.41. The minimum Gasteiger partial charge on any atom is -0.332 e. The largest absolute Gasteiger partial charge is 0.332 e. The summed E-state index contributed by atoms with van der Waals surface area (Å²) in [7, 11) is 0. The Morgan fingerprint density at radius 3 is 2.94 bits per heavy atom. The molecule has 2 aliphatic heterocycles. The van der Waals surface area contributed by atoms with Crippen LogP contribution in [-0.4, -0.2) is 34.9 Å². The minimum absolute atomic E-state index is 0.0597. The lowest BCUT2D eigenvalue weighted by Gasteiger charge is -2.16. The number of fused-ring (bicyclic) bond motifs is 1. The van der Waals surface area contributed by atoms with E-state index >= 15 is 0 Å². The molecule has 1 unspecified atom stereocenters. The molecule has 0 radical (unpaired) electrons. The Bertz CT molecular complexity index is 306. The quantitative estimate of drug-likeness (QED) is 0.727. The number of Topliss-reactive ketones (excluding diaryl/α,β-unsaturated/α-hetero) is 1. The summed E-state index contributed by atoms with van der Waals surface area (Å²) in [6.07, 6.45) is 1.51. The number of rotatable bonds is 4. The van der Waals surface area contributed by atoms with Gasteiger partial charge in [0.1, 0.15) is 5.78 Å². The van der Waals surface area contributed by atoms with Gasteiger partial charge in [0.15, 0.2) is 0 Å². The molecule has 0 spiro atoms. The topological polar surface area (TPSA) is 58.2 Å². The van der Waals surface area contributed by atoms with Gasteiger partial charge in [-0.25, -0.2) is 4.79 Å². The molecule has 16 heavy (non-hydrogen) atoms. The van der Waals surface area contributed by atoms with Crippen LogP contribution in [0.5, 0.6) is 0 Å². The average Bonchev–Trinajstić information content (AvgIpc) is 2.73. The first-order chi connectivity index (χ1) is 7.58. The Morgan fingerprint density at radius 1 is 1.50 bits per heavy atom. The van der Waals surface area contributed by atoms with E-state index in [0.717, 1.165) is 12.2 Å². The van der Waals surface area contributed by atoms with Crippen molar-refractivity contribution in [1.29, 1.82) is 0 Å². The van der Waals surface area contributed by atoms with Gasteiger partial charge in [0.05, 0.1) is 12.1 Å². The highest BCUT2D eigenvalue weighted by molar-refractivity contribution is 8.00. The van der Waals surface area contributed by atoms with Crippen LogP contribution < -0.4 is 10.6 Å². The van der Waals surface area contributed by atoms with Crippen molar-refractivity contribution in [1.82, 2.24) is 10.6 Å². The Balaban J connectivity index is 1.83. The van der Waals surface area contributed by atoms with Crippen molar-refractivity contribution in [2.45, 2.75) is 44.0 Å². The molecule has 2 amide bonds. The summed E-state index contributed by atoms with van der Waals surface area (Å²) >= 11 is 1.86. The maximum absolute atomic E-state index is 11.5. The van der Waals surface area contributed by atoms with Crippen LogP contribution in [0.1, 0.15) is 26.7 Å². The molecule has 2 fully saturated rings. The van der Waals surface area contributed by atoms with Crippen LogP contribution in [0, 0.1) is 5.92 Å². The monoisotopic (exact) mass is 242 g/mol. The Morgan fingerprint density at radius 2 is 2.25 bits per heavy atom. The highest BCUT2D eigenvalue weighted by Gasteiger charge is 2.42. The lowest BCUT2D eigenvalue weighted by atomic mass is 9.99. The molecule has 0 bridgehead atoms. The summed E-state index contributed by atoms with van der Waals surface area (Å²) in [4.78, 5) is 22.7. The minimum atomic E-state index is -0.0597. The van der Waals surface area contributed by atoms with Crippen molar-refractivity contribution in [2.24, 2.45) is 5.92 Å². The summed E-state index contributed by atoms with van der Waals surface area (Å²) in [6, 6.07) is 0.421. The van der Waals surface area contributed by atoms with Gasteiger partial charge in [0, 0.05) is 23.3 Å². The highest BCUT2D eigenvalue weighted by Crippen LogP contribution is 2.32. The highest BCUT2D eigenvalue weighted by atomic mass is 32.2. The molecular weight excluding hydrogens is 224 g/mol. The molecule has 0 aromatic heterocycles. The lowest BCUT2D eigenvalue weighted by molar-refractivity contribution is -0.122. The van der Waals surface area contributed by atoms with Crippen LogP contribution in [0.4, 0.5) is 4.79 Å². The van der Waals surface area contributed by atoms with E-state index in [-0.39, 0.29) is 24.0 Å². The van der Waals surface area contributed by atoms with Gasteiger partial charge in [-0.2, -0.15) is 11.8 Å². The number of hydrogen-bond acceptors (Lipinski definition) is 3. The Kier molecular flexibility index (Phi) is 3.42. The zero-order chi connectivity index (χ0) is 11.7. The number of thioether (sulfide) groups is 1. The lowest BCUT2D eigenvalue weighted by Crippen LogP contribution is -2.37. The predicted molar refractivity (Wildman–Crippen MR) is 64.6 cm³/mol. The first-order valence-corrected chi connectivity index (χ1v) is 6.84. The molecule has 2 aliphatic rings. The van der Waals surface area contributed by atoms with Gasteiger partial charge in [-0.05, 0) is 6.42 Å². The number of amides is 2. The van der Waals surface area contributed by atoms with Crippen LogP contribution in [0.3, 0.4) is 0 Å². The van der Waals surface area contributed by atoms with Gasteiger partial charge in [0.2, 0.25) is 0 Å². The molecule has 0 saturated carbocycles. The van der Waals surface area contributed by atoms with Gasteiger partial charge in [-0.3, -0.25) is 4.79 Å². The van der Waals surface area contributed by atoms with Crippen LogP contribution in [-0.2, 0) is 4.79 Å². The summed E-state index contributed by atoms with van der Waals surface area (Å²) < 4.78 is 0. The third-order valence-corrected chi connectivity index (χ3v) is 4.77. The van der Waals surface area contributed by atoms with Crippen molar-refractivity contribution >= 4 is 23.6 Å². The molecule has 0 aromatic rings. The first-order valence-electron chi connectivity index (χ1n) is 5.79. The molecule has 0 aliphatic carbocycles. The number of ketones is 1. The second-order valence-corrected chi connectivity index (χ2v) is 6.05. The fourth-order valence-electron chi connectivity index (χ4n) is 2.22. The molecule has 2 rings (SSSR count). The van der Waals surface area contributed by atoms with E-state index < -0.39 is 0 Å². The molecular formula is C11H18N2O2S. The van der Waals surface area contributed by atoms with Crippen LogP contribution in [0.15, 0.2) is 0 Å². The number of hydrogen-bond donors (Lipinski definition) is 2. The molecule has 0 aromatic carbocycles. The van der Waals surface area contributed by atoms with Gasteiger partial charge < -0.3 is 10.6 Å². The number of carbonyl (C=O) groups is 2. The van der Waals surface area contributed by atoms with Gasteiger partial charge >= 0.3 is 6.03 Å². The molecule has 4 nitrogen and oxygen atoms in total. The van der Waals surface area contributed by atoms with E-state index in [1.165, 1.54) is 0 Å². The predicted octanol–water partition coefficient (Wildman–Crippen LogP) is 1.16. The Labute approximate surface area is 99.9 Å². The fourth-order valence-corrected chi connectivity index (χ4v) is 3.71. The standard InChI is InChI=1S/C11H18N2O2S/c1-6(2)8(14)3-4-9-10-7(5-16-9)12-11(15)13-10/h6-7,9-10H,3-5H2,1-2H3,(H2,12,13,15)/t7-,9?,10-/m1/s1. The normalized spacial score (nSPS) is 32.4. The van der Waals surface area contributed by atoms with Gasteiger partial charge in [-0.15, -0.1) is 0 Å². The van der Waals surface area contributed by atoms with Crippen LogP contribution in [0.25, 0.3) is 0 Å². The SMILES string of the molecule is CC(C)C(=O)CCC1SC[C@H]2NC(=O)N[C@@H]12. The van der Waals surface area contributed by atoms with Gasteiger partial charge in [-0.1, -0.05) is 13.8 Å². The maximum atomic E-state index is 11.5. The molecule has 2 N–H and O–H groups in total. The van der Waals surface area contributed by atoms with E-state index in [0.29, 0.717) is 17.5 Å². The molecule has 90 valence electrons. The third kappa shape index (κ3) is 2.34. The summed E-state index contributed by atoms with van der Waals surface area (Å²) in [5.41, 5.74) is 0. The van der Waals surface area contributed by atoms with Crippen molar-refractivity contribution in [3.63, 3.8) is 0 Å². The number of nitrogens with one attached hydrogen (secondary N) is 2. The van der Waals surface area contributed by atoms with Crippen LogP contribution in [0.2, 0.25) is 0 Å². The second-order valence-electron chi connectivity index (χ2n) is 4.78. The first kappa shape index (κ1) is 11.8. The second kappa shape index (κ2) is 4.65. The van der Waals surface area contributed by atoms with Crippen LogP contribution >= 0.6 is 11.8 Å². The molecule has 2 saturated heterocycles. The van der Waals surface area contributed by atoms with Crippen molar-refractivity contribution in [3.8, 4) is 0 Å². The molecule has 5 heteroatoms. The third-order valence-electron chi connectivity index (χ3n) is 3.26. The van der Waals surface area contributed by atoms with Crippen molar-refractivity contribution < 1.29 is 9.59 Å². The van der Waals surface area contributed by atoms with E-state index in [2.05, 4.69) is 10.6 Å². The van der Waals surface area contributed by atoms with E-state index in [9.17, 15) is 9.59 Å². The molecule has 2 heterocycles. The molecule has 3 atom stereocenters. The summed E-state index contributed by atoms with van der Waals surface area (Å²) in [6.45, 7) is 3.87. The number of urea groups is 1. The zero-order valence-electron chi connectivity index (χ0n) is 9.66. The van der Waals surface area contributed by atoms with E-state index in [1.54, 1.807) is 0 Å². The number of carbonyl (C=O) groups excluding carboxylic acids is 2. The van der Waals surface area contributed by atoms with E-state index in [4.69, 9.17) is 0 Å². The van der Waals surface area contributed by atoms with E-state index in [1.807, 2.05) is 25.6 Å². The average molecular weight is 242 g/mol. The zero-order valence-corrected chi connectivity index (χ0v) is 10.5. The van der Waals surface area contributed by atoms with Crippen molar-refractivity contribution in [2.75, 3.05) is 5.75 Å².